The van der Waals surface area contributed by atoms with Gasteiger partial charge in [0.15, 0.2) is 5.78 Å². The second-order valence-corrected chi connectivity index (χ2v) is 8.21. The van der Waals surface area contributed by atoms with Gasteiger partial charge < -0.3 is 5.73 Å². The molecule has 0 spiro atoms. The van der Waals surface area contributed by atoms with E-state index in [0.29, 0.717) is 29.1 Å². The molecule has 2 rings (SSSR count). The number of carbonyl (C=O) groups is 1. The summed E-state index contributed by atoms with van der Waals surface area (Å²) in [5, 5.41) is 0.00514. The first-order valence-electron chi connectivity index (χ1n) is 6.56. The van der Waals surface area contributed by atoms with Gasteiger partial charge in [0, 0.05) is 28.4 Å². The highest BCUT2D eigenvalue weighted by Gasteiger charge is 2.32. The normalized spacial score (nSPS) is 23.5. The largest absolute Gasteiger partial charge is 0.399 e. The Morgan fingerprint density at radius 3 is 2.60 bits per heavy atom. The Hall–Kier alpha value is -1.07. The smallest absolute Gasteiger partial charge is 0.166 e. The highest BCUT2D eigenvalue weighted by Crippen LogP contribution is 2.31. The Morgan fingerprint density at radius 2 is 2.00 bits per heavy atom. The minimum atomic E-state index is -3.09. The van der Waals surface area contributed by atoms with Crippen LogP contribution < -0.4 is 5.73 Å². The lowest BCUT2D eigenvalue weighted by atomic mass is 9.83. The van der Waals surface area contributed by atoms with Gasteiger partial charge in [0.05, 0.1) is 5.25 Å². The fourth-order valence-corrected chi connectivity index (χ4v) is 4.18. The first-order chi connectivity index (χ1) is 9.27. The van der Waals surface area contributed by atoms with E-state index in [4.69, 9.17) is 17.3 Å². The molecule has 2 atom stereocenters. The topological polar surface area (TPSA) is 77.2 Å². The summed E-state index contributed by atoms with van der Waals surface area (Å²) in [6, 6.07) is 4.76. The number of nitrogens with two attached hydrogens (primary N) is 1. The van der Waals surface area contributed by atoms with Crippen LogP contribution in [0.3, 0.4) is 0 Å². The van der Waals surface area contributed by atoms with Gasteiger partial charge in [0.1, 0.15) is 9.84 Å². The van der Waals surface area contributed by atoms with E-state index in [1.165, 1.54) is 6.26 Å². The number of benzene rings is 1. The van der Waals surface area contributed by atoms with Gasteiger partial charge in [-0.25, -0.2) is 8.42 Å². The van der Waals surface area contributed by atoms with E-state index in [1.54, 1.807) is 18.2 Å². The highest BCUT2D eigenvalue weighted by molar-refractivity contribution is 7.91. The van der Waals surface area contributed by atoms with Crippen molar-refractivity contribution < 1.29 is 13.2 Å². The summed E-state index contributed by atoms with van der Waals surface area (Å²) in [5.41, 5.74) is 6.60. The third kappa shape index (κ3) is 3.52. The summed E-state index contributed by atoms with van der Waals surface area (Å²) in [6.07, 6.45) is 3.74. The third-order valence-corrected chi connectivity index (χ3v) is 5.66. The van der Waals surface area contributed by atoms with Crippen LogP contribution in [0.2, 0.25) is 5.02 Å². The molecule has 20 heavy (non-hydrogen) atoms. The van der Waals surface area contributed by atoms with Crippen LogP contribution in [0.25, 0.3) is 0 Å². The van der Waals surface area contributed by atoms with Gasteiger partial charge in [-0.3, -0.25) is 4.79 Å². The molecule has 6 heteroatoms. The maximum atomic E-state index is 12.5. The van der Waals surface area contributed by atoms with Gasteiger partial charge in [-0.2, -0.15) is 0 Å². The van der Waals surface area contributed by atoms with Crippen LogP contribution in [0, 0.1) is 5.92 Å². The number of nitrogen functional groups attached to an aromatic ring is 1. The molecular weight excluding hydrogens is 298 g/mol. The molecule has 1 aliphatic carbocycles. The Bertz CT molecular complexity index is 607. The SMILES string of the molecule is CS(=O)(=O)C1CCCC(C(=O)c2cc(N)cc(Cl)c2)C1. The van der Waals surface area contributed by atoms with E-state index < -0.39 is 15.1 Å². The molecule has 110 valence electrons. The Morgan fingerprint density at radius 1 is 1.30 bits per heavy atom. The molecule has 2 N–H and O–H groups in total. The summed E-state index contributed by atoms with van der Waals surface area (Å²) in [4.78, 5) is 12.5. The quantitative estimate of drug-likeness (QED) is 0.687. The highest BCUT2D eigenvalue weighted by atomic mass is 35.5. The van der Waals surface area contributed by atoms with Crippen molar-refractivity contribution in [3.63, 3.8) is 0 Å². The summed E-state index contributed by atoms with van der Waals surface area (Å²) >= 11 is 5.91. The summed E-state index contributed by atoms with van der Waals surface area (Å²) < 4.78 is 23.3. The van der Waals surface area contributed by atoms with E-state index in [-0.39, 0.29) is 11.7 Å². The molecule has 1 fully saturated rings. The second-order valence-electron chi connectivity index (χ2n) is 5.45. The minimum Gasteiger partial charge on any atom is -0.399 e. The van der Waals surface area contributed by atoms with E-state index in [2.05, 4.69) is 0 Å². The van der Waals surface area contributed by atoms with E-state index in [1.807, 2.05) is 0 Å². The monoisotopic (exact) mass is 315 g/mol. The van der Waals surface area contributed by atoms with Crippen LogP contribution in [0.15, 0.2) is 18.2 Å². The lowest BCUT2D eigenvalue weighted by Crippen LogP contribution is -2.31. The van der Waals surface area contributed by atoms with E-state index in [9.17, 15) is 13.2 Å². The fraction of sp³-hybridized carbons (Fsp3) is 0.500. The lowest BCUT2D eigenvalue weighted by Gasteiger charge is -2.27. The van der Waals surface area contributed by atoms with Crippen LogP contribution in [0.1, 0.15) is 36.0 Å². The first kappa shape index (κ1) is 15.3. The number of sulfone groups is 1. The van der Waals surface area contributed by atoms with Crippen molar-refractivity contribution >= 4 is 32.9 Å². The maximum absolute atomic E-state index is 12.5. The lowest BCUT2D eigenvalue weighted by molar-refractivity contribution is 0.0891. The Balaban J connectivity index is 2.20. The molecule has 4 nitrogen and oxygen atoms in total. The predicted molar refractivity (Wildman–Crippen MR) is 80.8 cm³/mol. The zero-order valence-corrected chi connectivity index (χ0v) is 12.9. The molecule has 1 saturated carbocycles. The van der Waals surface area contributed by atoms with Crippen molar-refractivity contribution in [3.05, 3.63) is 28.8 Å². The maximum Gasteiger partial charge on any atom is 0.166 e. The predicted octanol–water partition coefficient (Wildman–Crippen LogP) is 2.71. The number of halogens is 1. The van der Waals surface area contributed by atoms with Crippen LogP contribution >= 0.6 is 11.6 Å². The van der Waals surface area contributed by atoms with Crippen LogP contribution in [0.5, 0.6) is 0 Å². The third-order valence-electron chi connectivity index (χ3n) is 3.81. The van der Waals surface area contributed by atoms with E-state index in [0.717, 1.165) is 12.8 Å². The zero-order valence-electron chi connectivity index (χ0n) is 11.3. The minimum absolute atomic E-state index is 0.0625. The Kier molecular flexibility index (Phi) is 4.39. The van der Waals surface area contributed by atoms with Crippen LogP contribution in [0.4, 0.5) is 5.69 Å². The van der Waals surface area contributed by atoms with E-state index >= 15 is 0 Å². The molecule has 0 radical (unpaired) electrons. The average Bonchev–Trinajstić information content (AvgIpc) is 2.36. The van der Waals surface area contributed by atoms with Gasteiger partial charge in [-0.05, 0) is 37.5 Å². The number of rotatable bonds is 3. The number of hydrogen-bond acceptors (Lipinski definition) is 4. The molecular formula is C14H18ClNO3S. The number of Topliss-reactive ketones (excluding diaryl/α,β-unsaturated/α-hetero) is 1. The van der Waals surface area contributed by atoms with Gasteiger partial charge in [-0.1, -0.05) is 18.0 Å². The van der Waals surface area contributed by atoms with Crippen molar-refractivity contribution in [1.82, 2.24) is 0 Å². The summed E-state index contributed by atoms with van der Waals surface area (Å²) in [7, 11) is -3.09. The van der Waals surface area contributed by atoms with Crippen molar-refractivity contribution in [1.29, 1.82) is 0 Å². The molecule has 0 heterocycles. The molecule has 1 aliphatic rings. The standard InChI is InChI=1S/C14H18ClNO3S/c1-20(18,19)13-4-2-3-9(7-13)14(17)10-5-11(15)8-12(16)6-10/h5-6,8-9,13H,2-4,7,16H2,1H3. The molecule has 0 bridgehead atoms. The van der Waals surface area contributed by atoms with Gasteiger partial charge in [0.25, 0.3) is 0 Å². The molecule has 0 aliphatic heterocycles. The second kappa shape index (κ2) is 5.74. The number of hydrogen-bond donors (Lipinski definition) is 1. The van der Waals surface area contributed by atoms with Crippen molar-refractivity contribution in [2.45, 2.75) is 30.9 Å². The van der Waals surface area contributed by atoms with Gasteiger partial charge in [0.2, 0.25) is 0 Å². The molecule has 0 amide bonds. The molecule has 2 unspecified atom stereocenters. The first-order valence-corrected chi connectivity index (χ1v) is 8.90. The average molecular weight is 316 g/mol. The van der Waals surface area contributed by atoms with Crippen molar-refractivity contribution in [2.24, 2.45) is 5.92 Å². The molecule has 0 aromatic heterocycles. The number of anilines is 1. The van der Waals surface area contributed by atoms with Gasteiger partial charge >= 0.3 is 0 Å². The zero-order chi connectivity index (χ0) is 14.9. The Labute approximate surface area is 124 Å². The molecule has 1 aromatic rings. The van der Waals surface area contributed by atoms with Crippen LogP contribution in [-0.4, -0.2) is 25.7 Å². The molecule has 1 aromatic carbocycles. The van der Waals surface area contributed by atoms with Crippen molar-refractivity contribution in [3.8, 4) is 0 Å². The summed E-state index contributed by atoms with van der Waals surface area (Å²) in [6.45, 7) is 0. The number of carbonyl (C=O) groups excluding carboxylic acids is 1. The van der Waals surface area contributed by atoms with Crippen LogP contribution in [-0.2, 0) is 9.84 Å². The van der Waals surface area contributed by atoms with Crippen molar-refractivity contribution in [2.75, 3.05) is 12.0 Å². The fourth-order valence-electron chi connectivity index (χ4n) is 2.76. The number of ketones is 1. The molecule has 0 saturated heterocycles. The van der Waals surface area contributed by atoms with Gasteiger partial charge in [-0.15, -0.1) is 0 Å². The summed E-state index contributed by atoms with van der Waals surface area (Å²) in [5.74, 6) is -0.325.